The third-order valence-corrected chi connectivity index (χ3v) is 4.49. The molecule has 0 aliphatic rings. The van der Waals surface area contributed by atoms with Crippen LogP contribution >= 0.6 is 0 Å². The van der Waals surface area contributed by atoms with Crippen LogP contribution in [0, 0.1) is 0 Å². The first-order valence-corrected chi connectivity index (χ1v) is 9.47. The van der Waals surface area contributed by atoms with Crippen LogP contribution in [0.15, 0.2) is 59.3 Å². The highest BCUT2D eigenvalue weighted by atomic mass is 16.5. The van der Waals surface area contributed by atoms with Gasteiger partial charge in [-0.15, -0.1) is 0 Å². The molecule has 0 atom stereocenters. The number of nitrogens with zero attached hydrogens (tertiary/aromatic N) is 3. The van der Waals surface area contributed by atoms with Crippen molar-refractivity contribution < 1.29 is 9.32 Å². The third-order valence-electron chi connectivity index (χ3n) is 4.49. The van der Waals surface area contributed by atoms with Crippen molar-refractivity contribution >= 4 is 11.7 Å². The lowest BCUT2D eigenvalue weighted by Crippen LogP contribution is -2.30. The molecule has 146 valence electrons. The molecule has 1 aromatic carbocycles. The topological polar surface area (TPSA) is 71.3 Å². The van der Waals surface area contributed by atoms with E-state index in [9.17, 15) is 4.79 Å². The van der Waals surface area contributed by atoms with E-state index in [0.717, 1.165) is 35.7 Å². The molecule has 28 heavy (non-hydrogen) atoms. The van der Waals surface area contributed by atoms with Gasteiger partial charge in [0.1, 0.15) is 11.5 Å². The lowest BCUT2D eigenvalue weighted by molar-refractivity contribution is 0.219. The molecule has 0 unspecified atom stereocenters. The lowest BCUT2D eigenvalue weighted by Gasteiger charge is -2.16. The number of amides is 2. The summed E-state index contributed by atoms with van der Waals surface area (Å²) in [6, 6.07) is 15.6. The van der Waals surface area contributed by atoms with Crippen LogP contribution in [0.4, 0.5) is 10.5 Å². The first-order valence-electron chi connectivity index (χ1n) is 9.47. The number of aryl methyl sites for hydroxylation is 2. The molecule has 0 bridgehead atoms. The highest BCUT2D eigenvalue weighted by molar-refractivity contribution is 5.89. The number of anilines is 1. The van der Waals surface area contributed by atoms with Crippen molar-refractivity contribution in [2.24, 2.45) is 0 Å². The van der Waals surface area contributed by atoms with Gasteiger partial charge >= 0.3 is 6.03 Å². The van der Waals surface area contributed by atoms with Gasteiger partial charge < -0.3 is 14.7 Å². The van der Waals surface area contributed by atoms with Gasteiger partial charge in [-0.3, -0.25) is 4.98 Å². The Labute approximate surface area is 165 Å². The number of carbonyl (C=O) groups is 1. The van der Waals surface area contributed by atoms with Crippen molar-refractivity contribution in [1.29, 1.82) is 0 Å². The zero-order valence-corrected chi connectivity index (χ0v) is 16.6. The Balaban J connectivity index is 1.50. The predicted octanol–water partition coefficient (Wildman–Crippen LogP) is 4.64. The van der Waals surface area contributed by atoms with Crippen LogP contribution < -0.4 is 5.32 Å². The van der Waals surface area contributed by atoms with E-state index in [1.807, 2.05) is 68.6 Å². The molecule has 0 saturated heterocycles. The molecule has 0 spiro atoms. The largest absolute Gasteiger partial charge is 0.361 e. The van der Waals surface area contributed by atoms with Crippen molar-refractivity contribution in [3.63, 3.8) is 0 Å². The molecular formula is C22H26N4O2. The number of carbonyl (C=O) groups excluding carboxylic acids is 1. The summed E-state index contributed by atoms with van der Waals surface area (Å²) in [4.78, 5) is 18.3. The molecule has 2 amide bonds. The highest BCUT2D eigenvalue weighted by Gasteiger charge is 2.13. The summed E-state index contributed by atoms with van der Waals surface area (Å²) < 4.78 is 5.28. The zero-order valence-electron chi connectivity index (χ0n) is 16.6. The van der Waals surface area contributed by atoms with E-state index in [2.05, 4.69) is 15.5 Å². The fourth-order valence-corrected chi connectivity index (χ4v) is 2.78. The van der Waals surface area contributed by atoms with E-state index in [0.29, 0.717) is 6.54 Å². The van der Waals surface area contributed by atoms with Crippen LogP contribution in [0.2, 0.25) is 0 Å². The number of aromatic nitrogens is 2. The van der Waals surface area contributed by atoms with Crippen LogP contribution in [0.3, 0.4) is 0 Å². The van der Waals surface area contributed by atoms with Gasteiger partial charge in [0, 0.05) is 36.6 Å². The van der Waals surface area contributed by atoms with Crippen molar-refractivity contribution in [1.82, 2.24) is 15.0 Å². The Morgan fingerprint density at radius 2 is 1.89 bits per heavy atom. The van der Waals surface area contributed by atoms with Crippen LogP contribution in [-0.4, -0.2) is 28.1 Å². The number of benzene rings is 1. The van der Waals surface area contributed by atoms with Crippen molar-refractivity contribution in [2.45, 2.75) is 39.2 Å². The summed E-state index contributed by atoms with van der Waals surface area (Å²) in [5, 5.41) is 6.93. The summed E-state index contributed by atoms with van der Waals surface area (Å²) in [5.74, 6) is 1.10. The first kappa shape index (κ1) is 19.6. The van der Waals surface area contributed by atoms with Crippen LogP contribution in [0.5, 0.6) is 0 Å². The maximum Gasteiger partial charge on any atom is 0.321 e. The van der Waals surface area contributed by atoms with Gasteiger partial charge in [-0.2, -0.15) is 0 Å². The molecule has 2 heterocycles. The smallest absolute Gasteiger partial charge is 0.321 e. The second-order valence-corrected chi connectivity index (χ2v) is 7.18. The number of urea groups is 1. The second kappa shape index (κ2) is 9.17. The molecule has 6 nitrogen and oxygen atoms in total. The summed E-state index contributed by atoms with van der Waals surface area (Å²) in [6.07, 6.45) is 3.62. The number of pyridine rings is 1. The van der Waals surface area contributed by atoms with Crippen molar-refractivity contribution in [3.8, 4) is 0 Å². The Morgan fingerprint density at radius 3 is 2.54 bits per heavy atom. The molecule has 0 aliphatic heterocycles. The standard InChI is InChI=1S/C22H26N4O2/c1-16(2)21-14-20(25-28-21)15-26(3)22(27)24-19-11-8-17(9-12-19)7-10-18-6-4-5-13-23-18/h4-6,8-9,11-14,16H,7,10,15H2,1-3H3,(H,24,27). The van der Waals surface area contributed by atoms with Gasteiger partial charge in [0.05, 0.1) is 6.54 Å². The number of hydrogen-bond acceptors (Lipinski definition) is 4. The second-order valence-electron chi connectivity index (χ2n) is 7.18. The fourth-order valence-electron chi connectivity index (χ4n) is 2.78. The summed E-state index contributed by atoms with van der Waals surface area (Å²) in [5.41, 5.74) is 3.79. The van der Waals surface area contributed by atoms with E-state index in [-0.39, 0.29) is 11.9 Å². The minimum absolute atomic E-state index is 0.185. The van der Waals surface area contributed by atoms with E-state index >= 15 is 0 Å². The SMILES string of the molecule is CC(C)c1cc(CN(C)C(=O)Nc2ccc(CCc3ccccn3)cc2)no1. The minimum atomic E-state index is -0.185. The first-order chi connectivity index (χ1) is 13.5. The summed E-state index contributed by atoms with van der Waals surface area (Å²) in [7, 11) is 1.74. The molecule has 0 fully saturated rings. The quantitative estimate of drug-likeness (QED) is 0.650. The molecule has 3 aromatic rings. The Hall–Kier alpha value is -3.15. The Bertz CT molecular complexity index is 888. The molecular weight excluding hydrogens is 352 g/mol. The number of rotatable bonds is 7. The maximum absolute atomic E-state index is 12.4. The molecule has 3 rings (SSSR count). The van der Waals surface area contributed by atoms with E-state index < -0.39 is 0 Å². The molecule has 2 aromatic heterocycles. The molecule has 0 aliphatic carbocycles. The average Bonchev–Trinajstić information content (AvgIpc) is 3.17. The zero-order chi connectivity index (χ0) is 19.9. The average molecular weight is 378 g/mol. The molecule has 0 saturated carbocycles. The summed E-state index contributed by atoms with van der Waals surface area (Å²) >= 11 is 0. The normalized spacial score (nSPS) is 10.9. The van der Waals surface area contributed by atoms with Crippen LogP contribution in [0.25, 0.3) is 0 Å². The van der Waals surface area contributed by atoms with E-state index in [4.69, 9.17) is 4.52 Å². The van der Waals surface area contributed by atoms with Crippen LogP contribution in [0.1, 0.15) is 42.5 Å². The molecule has 1 N–H and O–H groups in total. The van der Waals surface area contributed by atoms with Crippen molar-refractivity contribution in [3.05, 3.63) is 77.4 Å². The lowest BCUT2D eigenvalue weighted by atomic mass is 10.1. The third kappa shape index (κ3) is 5.42. The maximum atomic E-state index is 12.4. The van der Waals surface area contributed by atoms with Gasteiger partial charge in [0.15, 0.2) is 0 Å². The predicted molar refractivity (Wildman–Crippen MR) is 109 cm³/mol. The van der Waals surface area contributed by atoms with Crippen molar-refractivity contribution in [2.75, 3.05) is 12.4 Å². The molecule has 6 heteroatoms. The summed E-state index contributed by atoms with van der Waals surface area (Å²) in [6.45, 7) is 4.48. The van der Waals surface area contributed by atoms with E-state index in [1.165, 1.54) is 5.56 Å². The van der Waals surface area contributed by atoms with Gasteiger partial charge in [0.2, 0.25) is 0 Å². The van der Waals surface area contributed by atoms with Gasteiger partial charge in [0.25, 0.3) is 0 Å². The monoisotopic (exact) mass is 378 g/mol. The van der Waals surface area contributed by atoms with Gasteiger partial charge in [-0.05, 0) is 42.7 Å². The number of hydrogen-bond donors (Lipinski definition) is 1. The number of nitrogens with one attached hydrogen (secondary N) is 1. The van der Waals surface area contributed by atoms with Crippen LogP contribution in [-0.2, 0) is 19.4 Å². The van der Waals surface area contributed by atoms with E-state index in [1.54, 1.807) is 11.9 Å². The minimum Gasteiger partial charge on any atom is -0.361 e. The van der Waals surface area contributed by atoms with Gasteiger partial charge in [-0.1, -0.05) is 37.2 Å². The van der Waals surface area contributed by atoms with Gasteiger partial charge in [-0.25, -0.2) is 4.79 Å². The molecule has 0 radical (unpaired) electrons. The Morgan fingerprint density at radius 1 is 1.11 bits per heavy atom. The fraction of sp³-hybridized carbons (Fsp3) is 0.318. The Kier molecular flexibility index (Phi) is 6.42. The highest BCUT2D eigenvalue weighted by Crippen LogP contribution is 2.16.